The maximum atomic E-state index is 12.1. The predicted molar refractivity (Wildman–Crippen MR) is 83.8 cm³/mol. The number of carbonyl (C=O) groups is 1. The van der Waals surface area contributed by atoms with Crippen LogP contribution in [0.1, 0.15) is 17.3 Å². The molecule has 6 heteroatoms. The molecule has 1 N–H and O–H groups in total. The van der Waals surface area contributed by atoms with Gasteiger partial charge in [-0.05, 0) is 37.3 Å². The summed E-state index contributed by atoms with van der Waals surface area (Å²) >= 11 is 1.43. The van der Waals surface area contributed by atoms with Gasteiger partial charge in [0.05, 0.1) is 5.56 Å². The van der Waals surface area contributed by atoms with Crippen LogP contribution in [0.5, 0.6) is 11.5 Å². The van der Waals surface area contributed by atoms with Gasteiger partial charge in [0.2, 0.25) is 0 Å². The quantitative estimate of drug-likeness (QED) is 0.940. The average Bonchev–Trinajstić information content (AvgIpc) is 2.55. The van der Waals surface area contributed by atoms with Gasteiger partial charge in [-0.2, -0.15) is 0 Å². The summed E-state index contributed by atoms with van der Waals surface area (Å²) in [5, 5.41) is 3.47. The van der Waals surface area contributed by atoms with E-state index in [-0.39, 0.29) is 5.91 Å². The summed E-state index contributed by atoms with van der Waals surface area (Å²) in [5.41, 5.74) is 0.573. The van der Waals surface area contributed by atoms with Crippen molar-refractivity contribution < 1.29 is 14.3 Å². The third kappa shape index (κ3) is 3.17. The number of nitrogens with zero attached hydrogens (tertiary/aromatic N) is 1. The van der Waals surface area contributed by atoms with Crippen molar-refractivity contribution in [3.8, 4) is 11.5 Å². The molecule has 1 aromatic heterocycles. The normalized spacial score (nSPS) is 12.8. The van der Waals surface area contributed by atoms with Crippen LogP contribution in [0.25, 0.3) is 0 Å². The molecule has 0 aliphatic carbocycles. The summed E-state index contributed by atoms with van der Waals surface area (Å²) in [4.78, 5) is 17.4. The molecule has 5 nitrogen and oxygen atoms in total. The van der Waals surface area contributed by atoms with Crippen molar-refractivity contribution in [3.63, 3.8) is 0 Å². The minimum atomic E-state index is -0.115. The van der Waals surface area contributed by atoms with E-state index in [1.165, 1.54) is 11.8 Å². The van der Waals surface area contributed by atoms with Crippen molar-refractivity contribution in [2.24, 2.45) is 0 Å². The Hall–Kier alpha value is -2.21. The predicted octanol–water partition coefficient (Wildman–Crippen LogP) is 2.75. The minimum absolute atomic E-state index is 0.115. The zero-order chi connectivity index (χ0) is 15.4. The zero-order valence-corrected chi connectivity index (χ0v) is 13.0. The topological polar surface area (TPSA) is 60.5 Å². The van der Waals surface area contributed by atoms with Gasteiger partial charge in [-0.25, -0.2) is 4.98 Å². The van der Waals surface area contributed by atoms with Crippen LogP contribution in [0, 0.1) is 0 Å². The molecule has 0 atom stereocenters. The van der Waals surface area contributed by atoms with Crippen molar-refractivity contribution in [1.82, 2.24) is 10.3 Å². The second kappa shape index (κ2) is 6.70. The molecule has 22 heavy (non-hydrogen) atoms. The molecule has 0 spiro atoms. The number of ether oxygens (including phenoxy) is 2. The van der Waals surface area contributed by atoms with Crippen molar-refractivity contribution in [2.45, 2.75) is 16.8 Å². The first kappa shape index (κ1) is 14.7. The monoisotopic (exact) mass is 316 g/mol. The first-order valence-electron chi connectivity index (χ1n) is 7.08. The molecule has 0 unspecified atom stereocenters. The lowest BCUT2D eigenvalue weighted by Crippen LogP contribution is -2.23. The Morgan fingerprint density at radius 3 is 2.91 bits per heavy atom. The molecule has 1 amide bonds. The molecule has 2 heterocycles. The second-order valence-electron chi connectivity index (χ2n) is 4.62. The second-order valence-corrected chi connectivity index (χ2v) is 5.69. The van der Waals surface area contributed by atoms with Crippen molar-refractivity contribution in [1.29, 1.82) is 0 Å². The largest absolute Gasteiger partial charge is 0.486 e. The van der Waals surface area contributed by atoms with E-state index in [9.17, 15) is 4.79 Å². The van der Waals surface area contributed by atoms with E-state index < -0.39 is 0 Å². The third-order valence-electron chi connectivity index (χ3n) is 3.08. The fourth-order valence-electron chi connectivity index (χ4n) is 2.10. The summed E-state index contributed by atoms with van der Waals surface area (Å²) in [6.07, 6.45) is 1.68. The highest BCUT2D eigenvalue weighted by molar-refractivity contribution is 7.99. The summed E-state index contributed by atoms with van der Waals surface area (Å²) in [5.74, 6) is 1.36. The van der Waals surface area contributed by atoms with Crippen LogP contribution >= 0.6 is 11.8 Å². The van der Waals surface area contributed by atoms with Crippen molar-refractivity contribution >= 4 is 17.7 Å². The number of carbonyl (C=O) groups excluding carboxylic acids is 1. The van der Waals surface area contributed by atoms with Crippen molar-refractivity contribution in [3.05, 3.63) is 42.1 Å². The Bertz CT molecular complexity index is 691. The van der Waals surface area contributed by atoms with E-state index in [1.54, 1.807) is 18.3 Å². The van der Waals surface area contributed by atoms with Crippen LogP contribution in [-0.2, 0) is 0 Å². The third-order valence-corrected chi connectivity index (χ3v) is 4.09. The minimum Gasteiger partial charge on any atom is -0.486 e. The lowest BCUT2D eigenvalue weighted by atomic mass is 10.3. The lowest BCUT2D eigenvalue weighted by Gasteiger charge is -2.18. The Morgan fingerprint density at radius 2 is 2.09 bits per heavy atom. The molecular formula is C16H16N2O3S. The van der Waals surface area contributed by atoms with Gasteiger partial charge < -0.3 is 14.8 Å². The number of pyridine rings is 1. The highest BCUT2D eigenvalue weighted by Crippen LogP contribution is 2.37. The molecular weight excluding hydrogens is 300 g/mol. The van der Waals surface area contributed by atoms with E-state index in [0.717, 1.165) is 16.4 Å². The van der Waals surface area contributed by atoms with Gasteiger partial charge in [-0.15, -0.1) is 0 Å². The Morgan fingerprint density at radius 1 is 1.27 bits per heavy atom. The first-order valence-corrected chi connectivity index (χ1v) is 7.90. The van der Waals surface area contributed by atoms with Crippen LogP contribution in [0.4, 0.5) is 0 Å². The van der Waals surface area contributed by atoms with Gasteiger partial charge in [0.1, 0.15) is 18.2 Å². The Kier molecular flexibility index (Phi) is 4.48. The smallest absolute Gasteiger partial charge is 0.254 e. The maximum Gasteiger partial charge on any atom is 0.254 e. The lowest BCUT2D eigenvalue weighted by molar-refractivity contribution is 0.0952. The summed E-state index contributed by atoms with van der Waals surface area (Å²) < 4.78 is 11.1. The van der Waals surface area contributed by atoms with Gasteiger partial charge in [0, 0.05) is 17.6 Å². The van der Waals surface area contributed by atoms with E-state index in [1.807, 2.05) is 25.1 Å². The number of nitrogens with one attached hydrogen (secondary N) is 1. The van der Waals surface area contributed by atoms with Crippen LogP contribution in [-0.4, -0.2) is 30.6 Å². The Balaban J connectivity index is 1.85. The fraction of sp³-hybridized carbons (Fsp3) is 0.250. The Labute approximate surface area is 133 Å². The molecule has 3 rings (SSSR count). The summed E-state index contributed by atoms with van der Waals surface area (Å²) in [7, 11) is 0. The summed E-state index contributed by atoms with van der Waals surface area (Å²) in [6.45, 7) is 3.60. The molecule has 0 radical (unpaired) electrons. The van der Waals surface area contributed by atoms with Gasteiger partial charge in [-0.1, -0.05) is 11.8 Å². The van der Waals surface area contributed by atoms with Crippen LogP contribution < -0.4 is 14.8 Å². The number of benzene rings is 1. The van der Waals surface area contributed by atoms with Crippen LogP contribution in [0.15, 0.2) is 46.5 Å². The molecule has 0 saturated heterocycles. The first-order chi connectivity index (χ1) is 10.8. The van der Waals surface area contributed by atoms with Gasteiger partial charge in [0.25, 0.3) is 5.91 Å². The number of aromatic nitrogens is 1. The molecule has 1 aliphatic rings. The average molecular weight is 316 g/mol. The molecule has 0 bridgehead atoms. The van der Waals surface area contributed by atoms with Crippen LogP contribution in [0.3, 0.4) is 0 Å². The number of hydrogen-bond donors (Lipinski definition) is 1. The fourth-order valence-corrected chi connectivity index (χ4v) is 3.01. The molecule has 1 aliphatic heterocycles. The SMILES string of the molecule is CCNC(=O)c1cccnc1Sc1ccc2c(c1)OCCO2. The van der Waals surface area contributed by atoms with E-state index in [4.69, 9.17) is 9.47 Å². The number of amides is 1. The van der Waals surface area contributed by atoms with E-state index in [0.29, 0.717) is 30.3 Å². The zero-order valence-electron chi connectivity index (χ0n) is 12.2. The van der Waals surface area contributed by atoms with Gasteiger partial charge >= 0.3 is 0 Å². The molecule has 1 aromatic carbocycles. The van der Waals surface area contributed by atoms with E-state index in [2.05, 4.69) is 10.3 Å². The molecule has 114 valence electrons. The van der Waals surface area contributed by atoms with Gasteiger partial charge in [-0.3, -0.25) is 4.79 Å². The van der Waals surface area contributed by atoms with Crippen molar-refractivity contribution in [2.75, 3.05) is 19.8 Å². The highest BCUT2D eigenvalue weighted by atomic mass is 32.2. The summed E-state index contributed by atoms with van der Waals surface area (Å²) in [6, 6.07) is 9.27. The molecule has 0 saturated carbocycles. The number of rotatable bonds is 4. The highest BCUT2D eigenvalue weighted by Gasteiger charge is 2.15. The molecule has 0 fully saturated rings. The standard InChI is InChI=1S/C16H16N2O3S/c1-2-17-15(19)12-4-3-7-18-16(12)22-11-5-6-13-14(10-11)21-9-8-20-13/h3-7,10H,2,8-9H2,1H3,(H,17,19). The van der Waals surface area contributed by atoms with E-state index >= 15 is 0 Å². The van der Waals surface area contributed by atoms with Gasteiger partial charge in [0.15, 0.2) is 11.5 Å². The maximum absolute atomic E-state index is 12.1. The molecule has 2 aromatic rings. The van der Waals surface area contributed by atoms with Crippen LogP contribution in [0.2, 0.25) is 0 Å². The number of fused-ring (bicyclic) bond motifs is 1. The number of hydrogen-bond acceptors (Lipinski definition) is 5.